The third kappa shape index (κ3) is 7.59. The predicted molar refractivity (Wildman–Crippen MR) is 101 cm³/mol. The number of Topliss-reactive ketones (excluding diaryl/α,β-unsaturated/α-hetero) is 1. The third-order valence-corrected chi connectivity index (χ3v) is 4.01. The molecule has 0 saturated heterocycles. The lowest BCUT2D eigenvalue weighted by atomic mass is 10.1. The molecule has 0 aromatic heterocycles. The first kappa shape index (κ1) is 21.5. The Morgan fingerprint density at radius 2 is 1.69 bits per heavy atom. The van der Waals surface area contributed by atoms with E-state index in [1.54, 1.807) is 6.07 Å². The molecule has 0 radical (unpaired) electrons. The molecule has 0 saturated carbocycles. The molecule has 6 heteroatoms. The zero-order valence-corrected chi connectivity index (χ0v) is 15.5. The molecule has 0 aliphatic rings. The topological polar surface area (TPSA) is 86.5 Å². The molecular formula is C20H27NO5. The average Bonchev–Trinajstić information content (AvgIpc) is 2.61. The van der Waals surface area contributed by atoms with Gasteiger partial charge in [0.1, 0.15) is 5.57 Å². The van der Waals surface area contributed by atoms with Crippen LogP contribution in [0.4, 0.5) is 5.69 Å². The minimum Gasteiger partial charge on any atom is -0.462 e. The molecule has 0 bridgehead atoms. The lowest BCUT2D eigenvalue weighted by Gasteiger charge is -2.07. The Morgan fingerprint density at radius 3 is 2.31 bits per heavy atom. The van der Waals surface area contributed by atoms with Crippen LogP contribution in [0.1, 0.15) is 64.4 Å². The summed E-state index contributed by atoms with van der Waals surface area (Å²) in [4.78, 5) is 34.4. The summed E-state index contributed by atoms with van der Waals surface area (Å²) in [6.07, 6.45) is 8.90. The largest absolute Gasteiger partial charge is 0.462 e. The highest BCUT2D eigenvalue weighted by Gasteiger charge is 2.19. The molecule has 1 aromatic carbocycles. The molecule has 0 N–H and O–H groups in total. The van der Waals surface area contributed by atoms with Gasteiger partial charge in [-0.05, 0) is 25.5 Å². The normalized spacial score (nSPS) is 11.2. The Kier molecular flexibility index (Phi) is 9.90. The smallest absolute Gasteiger partial charge is 0.341 e. The van der Waals surface area contributed by atoms with Crippen molar-refractivity contribution in [1.29, 1.82) is 0 Å². The standard InChI is InChI=1S/C20H27NO5/c1-3-4-5-6-7-8-11-14-26-20(23)18(16(2)22)15-17-12-9-10-13-19(17)21(24)25/h9-10,12-13,15H,3-8,11,14H2,1-2H3/b18-15+. The fourth-order valence-electron chi connectivity index (χ4n) is 2.54. The maximum atomic E-state index is 12.2. The van der Waals surface area contributed by atoms with Crippen molar-refractivity contribution in [2.24, 2.45) is 0 Å². The van der Waals surface area contributed by atoms with E-state index in [0.717, 1.165) is 19.3 Å². The predicted octanol–water partition coefficient (Wildman–Crippen LogP) is 4.86. The van der Waals surface area contributed by atoms with Crippen LogP contribution < -0.4 is 0 Å². The van der Waals surface area contributed by atoms with Crippen LogP contribution in [-0.4, -0.2) is 23.3 Å². The Morgan fingerprint density at radius 1 is 1.08 bits per heavy atom. The monoisotopic (exact) mass is 361 g/mol. The van der Waals surface area contributed by atoms with Crippen molar-refractivity contribution >= 4 is 23.5 Å². The van der Waals surface area contributed by atoms with Crippen molar-refractivity contribution in [3.8, 4) is 0 Å². The lowest BCUT2D eigenvalue weighted by Crippen LogP contribution is -2.14. The number of unbranched alkanes of at least 4 members (excludes halogenated alkanes) is 6. The van der Waals surface area contributed by atoms with Gasteiger partial charge in [0.25, 0.3) is 5.69 Å². The summed E-state index contributed by atoms with van der Waals surface area (Å²) in [5, 5.41) is 11.1. The summed E-state index contributed by atoms with van der Waals surface area (Å²) < 4.78 is 5.17. The van der Waals surface area contributed by atoms with Crippen LogP contribution in [0, 0.1) is 10.1 Å². The van der Waals surface area contributed by atoms with Gasteiger partial charge in [0.05, 0.1) is 17.1 Å². The highest BCUT2D eigenvalue weighted by atomic mass is 16.6. The van der Waals surface area contributed by atoms with Crippen LogP contribution in [-0.2, 0) is 14.3 Å². The maximum Gasteiger partial charge on any atom is 0.341 e. The van der Waals surface area contributed by atoms with E-state index in [2.05, 4.69) is 6.92 Å². The van der Waals surface area contributed by atoms with Gasteiger partial charge in [-0.2, -0.15) is 0 Å². The quantitative estimate of drug-likeness (QED) is 0.101. The summed E-state index contributed by atoms with van der Waals surface area (Å²) in [5.74, 6) is -1.21. The summed E-state index contributed by atoms with van der Waals surface area (Å²) in [7, 11) is 0. The van der Waals surface area contributed by atoms with Gasteiger partial charge >= 0.3 is 5.97 Å². The van der Waals surface area contributed by atoms with Crippen LogP contribution in [0.2, 0.25) is 0 Å². The number of nitro groups is 1. The number of carbonyl (C=O) groups excluding carboxylic acids is 2. The second kappa shape index (κ2) is 12.0. The molecule has 1 aromatic rings. The number of hydrogen-bond donors (Lipinski definition) is 0. The lowest BCUT2D eigenvalue weighted by molar-refractivity contribution is -0.385. The molecule has 0 aliphatic carbocycles. The first-order chi connectivity index (χ1) is 12.5. The Balaban J connectivity index is 2.61. The summed E-state index contributed by atoms with van der Waals surface area (Å²) in [6.45, 7) is 3.66. The van der Waals surface area contributed by atoms with Gasteiger partial charge in [-0.1, -0.05) is 57.6 Å². The third-order valence-electron chi connectivity index (χ3n) is 4.01. The fraction of sp³-hybridized carbons (Fsp3) is 0.500. The molecule has 0 aliphatic heterocycles. The number of ketones is 1. The van der Waals surface area contributed by atoms with Crippen molar-refractivity contribution in [1.82, 2.24) is 0 Å². The SMILES string of the molecule is CCCCCCCCCOC(=O)/C(=C/c1ccccc1[N+](=O)[O-])C(C)=O. The molecule has 0 amide bonds. The van der Waals surface area contributed by atoms with E-state index in [4.69, 9.17) is 4.74 Å². The maximum absolute atomic E-state index is 12.2. The fourth-order valence-corrected chi connectivity index (χ4v) is 2.54. The molecule has 0 atom stereocenters. The minimum absolute atomic E-state index is 0.161. The van der Waals surface area contributed by atoms with E-state index < -0.39 is 16.7 Å². The zero-order valence-electron chi connectivity index (χ0n) is 15.5. The van der Waals surface area contributed by atoms with Crippen molar-refractivity contribution in [2.75, 3.05) is 6.61 Å². The van der Waals surface area contributed by atoms with Gasteiger partial charge in [0.15, 0.2) is 5.78 Å². The molecule has 0 heterocycles. The van der Waals surface area contributed by atoms with Crippen molar-refractivity contribution in [2.45, 2.75) is 58.8 Å². The van der Waals surface area contributed by atoms with E-state index in [-0.39, 0.29) is 23.4 Å². The van der Waals surface area contributed by atoms with Crippen molar-refractivity contribution < 1.29 is 19.2 Å². The number of carbonyl (C=O) groups is 2. The second-order valence-electron chi connectivity index (χ2n) is 6.19. The van der Waals surface area contributed by atoms with Crippen LogP contribution in [0.5, 0.6) is 0 Å². The number of benzene rings is 1. The highest BCUT2D eigenvalue weighted by Crippen LogP contribution is 2.21. The first-order valence-electron chi connectivity index (χ1n) is 9.10. The van der Waals surface area contributed by atoms with Crippen molar-refractivity contribution in [3.05, 3.63) is 45.5 Å². The molecular weight excluding hydrogens is 334 g/mol. The van der Waals surface area contributed by atoms with Gasteiger partial charge in [0, 0.05) is 6.07 Å². The van der Waals surface area contributed by atoms with Gasteiger partial charge in [-0.25, -0.2) is 4.79 Å². The van der Waals surface area contributed by atoms with Gasteiger partial charge in [-0.15, -0.1) is 0 Å². The Bertz CT molecular complexity index is 651. The Labute approximate surface area is 154 Å². The van der Waals surface area contributed by atoms with E-state index in [0.29, 0.717) is 0 Å². The zero-order chi connectivity index (χ0) is 19.4. The minimum atomic E-state index is -0.735. The molecule has 0 spiro atoms. The molecule has 0 fully saturated rings. The number of hydrogen-bond acceptors (Lipinski definition) is 5. The summed E-state index contributed by atoms with van der Waals surface area (Å²) in [5.41, 5.74) is -0.135. The first-order valence-corrected chi connectivity index (χ1v) is 9.10. The van der Waals surface area contributed by atoms with E-state index >= 15 is 0 Å². The molecule has 26 heavy (non-hydrogen) atoms. The van der Waals surface area contributed by atoms with E-state index in [1.165, 1.54) is 56.9 Å². The molecule has 6 nitrogen and oxygen atoms in total. The van der Waals surface area contributed by atoms with Crippen LogP contribution in [0.3, 0.4) is 0 Å². The number of ether oxygens (including phenoxy) is 1. The average molecular weight is 361 g/mol. The van der Waals surface area contributed by atoms with Gasteiger partial charge in [-0.3, -0.25) is 14.9 Å². The number of nitrogens with zero attached hydrogens (tertiary/aromatic N) is 1. The highest BCUT2D eigenvalue weighted by molar-refractivity contribution is 6.20. The number of esters is 1. The molecule has 1 rings (SSSR count). The second-order valence-corrected chi connectivity index (χ2v) is 6.19. The van der Waals surface area contributed by atoms with Crippen LogP contribution in [0.15, 0.2) is 29.8 Å². The van der Waals surface area contributed by atoms with Crippen LogP contribution >= 0.6 is 0 Å². The van der Waals surface area contributed by atoms with Crippen LogP contribution in [0.25, 0.3) is 6.08 Å². The summed E-state index contributed by atoms with van der Waals surface area (Å²) in [6, 6.07) is 5.96. The number of para-hydroxylation sites is 1. The Hall–Kier alpha value is -2.50. The van der Waals surface area contributed by atoms with E-state index in [1.807, 2.05) is 0 Å². The van der Waals surface area contributed by atoms with Gasteiger partial charge in [0.2, 0.25) is 0 Å². The van der Waals surface area contributed by atoms with Crippen molar-refractivity contribution in [3.63, 3.8) is 0 Å². The molecule has 0 unspecified atom stereocenters. The van der Waals surface area contributed by atoms with E-state index in [9.17, 15) is 19.7 Å². The number of nitro benzene ring substituents is 1. The van der Waals surface area contributed by atoms with Gasteiger partial charge < -0.3 is 4.74 Å². The number of rotatable bonds is 12. The molecule has 142 valence electrons. The summed E-state index contributed by atoms with van der Waals surface area (Å²) >= 11 is 0.